The summed E-state index contributed by atoms with van der Waals surface area (Å²) in [6.07, 6.45) is 4.09. The van der Waals surface area contributed by atoms with Crippen molar-refractivity contribution in [2.24, 2.45) is 0 Å². The van der Waals surface area contributed by atoms with Crippen LogP contribution in [0.25, 0.3) is 0 Å². The molecular weight excluding hydrogens is 422 g/mol. The lowest BCUT2D eigenvalue weighted by atomic mass is 10.1. The van der Waals surface area contributed by atoms with Gasteiger partial charge in [0.25, 0.3) is 10.0 Å². The number of halogens is 1. The Bertz CT molecular complexity index is 1050. The van der Waals surface area contributed by atoms with Crippen molar-refractivity contribution in [2.45, 2.75) is 24.2 Å². The minimum Gasteiger partial charge on any atom is -0.370 e. The van der Waals surface area contributed by atoms with Crippen molar-refractivity contribution in [1.82, 2.24) is 0 Å². The fourth-order valence-electron chi connectivity index (χ4n) is 3.13. The Hall–Kier alpha value is -1.97. The summed E-state index contributed by atoms with van der Waals surface area (Å²) in [5.41, 5.74) is 1.12. The summed E-state index contributed by atoms with van der Waals surface area (Å²) in [6, 6.07) is 10.9. The lowest BCUT2D eigenvalue weighted by Gasteiger charge is -2.30. The van der Waals surface area contributed by atoms with Crippen LogP contribution in [0, 0.1) is 0 Å². The Morgan fingerprint density at radius 3 is 2.07 bits per heavy atom. The third kappa shape index (κ3) is 5.30. The van der Waals surface area contributed by atoms with E-state index in [1.807, 2.05) is 4.90 Å². The molecule has 3 rings (SSSR count). The smallest absolute Gasteiger partial charge is 0.264 e. The fraction of sp³-hybridized carbons (Fsp3) is 0.333. The van der Waals surface area contributed by atoms with E-state index in [1.165, 1.54) is 6.07 Å². The van der Waals surface area contributed by atoms with E-state index in [0.717, 1.165) is 38.6 Å². The summed E-state index contributed by atoms with van der Waals surface area (Å²) >= 11 is 5.86. The molecule has 1 aliphatic rings. The SMILES string of the molecule is CS(=O)(=O)Nc1ccc(N2CCCCC2)c(S(=O)(=O)Nc2ccc(Cl)cc2)c1. The van der Waals surface area contributed by atoms with Gasteiger partial charge in [-0.3, -0.25) is 9.44 Å². The maximum absolute atomic E-state index is 13.1. The van der Waals surface area contributed by atoms with Gasteiger partial charge < -0.3 is 4.90 Å². The summed E-state index contributed by atoms with van der Waals surface area (Å²) in [5, 5.41) is 0.497. The molecule has 0 saturated carbocycles. The minimum atomic E-state index is -3.95. The van der Waals surface area contributed by atoms with Crippen molar-refractivity contribution in [3.63, 3.8) is 0 Å². The fourth-order valence-corrected chi connectivity index (χ4v) is 5.12. The molecule has 1 heterocycles. The molecular formula is C18H22ClN3O4S2. The molecule has 7 nitrogen and oxygen atoms in total. The molecule has 0 amide bonds. The van der Waals surface area contributed by atoms with Crippen LogP contribution in [0.4, 0.5) is 17.1 Å². The Labute approximate surface area is 170 Å². The highest BCUT2D eigenvalue weighted by molar-refractivity contribution is 7.93. The number of sulfonamides is 2. The molecule has 2 aromatic rings. The molecule has 1 fully saturated rings. The van der Waals surface area contributed by atoms with Gasteiger partial charge in [0.1, 0.15) is 4.90 Å². The van der Waals surface area contributed by atoms with Gasteiger partial charge >= 0.3 is 0 Å². The van der Waals surface area contributed by atoms with Gasteiger partial charge in [0.05, 0.1) is 11.9 Å². The van der Waals surface area contributed by atoms with Crippen LogP contribution in [0.5, 0.6) is 0 Å². The van der Waals surface area contributed by atoms with Crippen molar-refractivity contribution in [3.8, 4) is 0 Å². The Morgan fingerprint density at radius 1 is 0.857 bits per heavy atom. The zero-order chi connectivity index (χ0) is 20.4. The number of anilines is 3. The quantitative estimate of drug-likeness (QED) is 0.712. The molecule has 2 N–H and O–H groups in total. The van der Waals surface area contributed by atoms with Crippen molar-refractivity contribution in [3.05, 3.63) is 47.5 Å². The average molecular weight is 444 g/mol. The molecule has 0 aromatic heterocycles. The highest BCUT2D eigenvalue weighted by Crippen LogP contribution is 2.32. The monoisotopic (exact) mass is 443 g/mol. The first-order chi connectivity index (χ1) is 13.1. The molecule has 1 aliphatic heterocycles. The standard InChI is InChI=1S/C18H22ClN3O4S2/c1-27(23,24)20-16-9-10-17(22-11-3-2-4-12-22)18(13-16)28(25,26)21-15-7-5-14(19)6-8-15/h5-10,13,20-21H,2-4,11-12H2,1H3. The molecule has 0 bridgehead atoms. The van der Waals surface area contributed by atoms with E-state index in [0.29, 0.717) is 16.4 Å². The van der Waals surface area contributed by atoms with Gasteiger partial charge in [-0.15, -0.1) is 0 Å². The number of benzene rings is 2. The van der Waals surface area contributed by atoms with Gasteiger partial charge in [-0.2, -0.15) is 0 Å². The number of nitrogens with zero attached hydrogens (tertiary/aromatic N) is 1. The number of piperidine rings is 1. The van der Waals surface area contributed by atoms with Gasteiger partial charge in [0.2, 0.25) is 10.0 Å². The van der Waals surface area contributed by atoms with Crippen molar-refractivity contribution < 1.29 is 16.8 Å². The average Bonchev–Trinajstić information content (AvgIpc) is 2.63. The summed E-state index contributed by atoms with van der Waals surface area (Å²) in [7, 11) is -7.49. The van der Waals surface area contributed by atoms with E-state index in [4.69, 9.17) is 11.6 Å². The van der Waals surface area contributed by atoms with Gasteiger partial charge in [-0.1, -0.05) is 11.6 Å². The van der Waals surface area contributed by atoms with Crippen LogP contribution in [0.1, 0.15) is 19.3 Å². The van der Waals surface area contributed by atoms with E-state index in [2.05, 4.69) is 9.44 Å². The number of rotatable bonds is 6. The molecule has 1 saturated heterocycles. The Kier molecular flexibility index (Phi) is 6.07. The molecule has 10 heteroatoms. The molecule has 0 spiro atoms. The van der Waals surface area contributed by atoms with Crippen LogP contribution in [0.15, 0.2) is 47.4 Å². The minimum absolute atomic E-state index is 0.0259. The first-order valence-corrected chi connectivity index (χ1v) is 12.5. The summed E-state index contributed by atoms with van der Waals surface area (Å²) in [5.74, 6) is 0. The van der Waals surface area contributed by atoms with Crippen molar-refractivity contribution in [2.75, 3.05) is 33.7 Å². The lowest BCUT2D eigenvalue weighted by molar-refractivity contribution is 0.571. The summed E-state index contributed by atoms with van der Waals surface area (Å²) in [6.45, 7) is 1.50. The maximum Gasteiger partial charge on any atom is 0.264 e. The number of hydrogen-bond donors (Lipinski definition) is 2. The second kappa shape index (κ2) is 8.18. The molecule has 28 heavy (non-hydrogen) atoms. The molecule has 0 radical (unpaired) electrons. The van der Waals surface area contributed by atoms with Crippen molar-refractivity contribution in [1.29, 1.82) is 0 Å². The van der Waals surface area contributed by atoms with Gasteiger partial charge in [-0.25, -0.2) is 16.8 Å². The van der Waals surface area contributed by atoms with E-state index in [1.54, 1.807) is 36.4 Å². The van der Waals surface area contributed by atoms with Crippen molar-refractivity contribution >= 4 is 48.7 Å². The van der Waals surface area contributed by atoms with E-state index >= 15 is 0 Å². The Balaban J connectivity index is 2.03. The van der Waals surface area contributed by atoms with E-state index < -0.39 is 20.0 Å². The first-order valence-electron chi connectivity index (χ1n) is 8.79. The Morgan fingerprint density at radius 2 is 1.46 bits per heavy atom. The van der Waals surface area contributed by atoms with Crippen LogP contribution in [0.3, 0.4) is 0 Å². The second-order valence-electron chi connectivity index (χ2n) is 6.72. The van der Waals surface area contributed by atoms with E-state index in [9.17, 15) is 16.8 Å². The van der Waals surface area contributed by atoms with E-state index in [-0.39, 0.29) is 10.6 Å². The third-order valence-electron chi connectivity index (χ3n) is 4.35. The first kappa shape index (κ1) is 20.8. The zero-order valence-corrected chi connectivity index (χ0v) is 17.7. The normalized spacial score (nSPS) is 15.3. The van der Waals surface area contributed by atoms with Gasteiger partial charge in [-0.05, 0) is 61.7 Å². The van der Waals surface area contributed by atoms with Crippen LogP contribution in [-0.4, -0.2) is 36.2 Å². The van der Waals surface area contributed by atoms with Crippen LogP contribution >= 0.6 is 11.6 Å². The predicted molar refractivity (Wildman–Crippen MR) is 113 cm³/mol. The topological polar surface area (TPSA) is 95.6 Å². The third-order valence-corrected chi connectivity index (χ3v) is 6.61. The highest BCUT2D eigenvalue weighted by atomic mass is 35.5. The molecule has 152 valence electrons. The van der Waals surface area contributed by atoms with Crippen LogP contribution < -0.4 is 14.3 Å². The largest absolute Gasteiger partial charge is 0.370 e. The zero-order valence-electron chi connectivity index (χ0n) is 15.4. The van der Waals surface area contributed by atoms with Gasteiger partial charge in [0, 0.05) is 29.5 Å². The second-order valence-corrected chi connectivity index (χ2v) is 10.6. The predicted octanol–water partition coefficient (Wildman–Crippen LogP) is 3.50. The van der Waals surface area contributed by atoms with Crippen LogP contribution in [-0.2, 0) is 20.0 Å². The highest BCUT2D eigenvalue weighted by Gasteiger charge is 2.24. The molecule has 2 aromatic carbocycles. The number of hydrogen-bond acceptors (Lipinski definition) is 5. The maximum atomic E-state index is 13.1. The van der Waals surface area contributed by atoms with Crippen LogP contribution in [0.2, 0.25) is 5.02 Å². The van der Waals surface area contributed by atoms with Gasteiger partial charge in [0.15, 0.2) is 0 Å². The molecule has 0 aliphatic carbocycles. The summed E-state index contributed by atoms with van der Waals surface area (Å²) < 4.78 is 54.3. The summed E-state index contributed by atoms with van der Waals surface area (Å²) in [4.78, 5) is 2.04. The molecule has 0 unspecified atom stereocenters. The molecule has 0 atom stereocenters. The number of nitrogens with one attached hydrogen (secondary N) is 2. The lowest BCUT2D eigenvalue weighted by Crippen LogP contribution is -2.31.